The zero-order valence-electron chi connectivity index (χ0n) is 11.8. The molecular weight excluding hydrogens is 267 g/mol. The van der Waals surface area contributed by atoms with E-state index in [1.54, 1.807) is 19.1 Å². The molecule has 3 nitrogen and oxygen atoms in total. The molecular formula is C17H17FN2O. The minimum absolute atomic E-state index is 0.139. The molecule has 0 spiro atoms. The second kappa shape index (κ2) is 7.33. The Morgan fingerprint density at radius 2 is 1.76 bits per heavy atom. The summed E-state index contributed by atoms with van der Waals surface area (Å²) in [4.78, 5) is 11.7. The molecule has 108 valence electrons. The highest BCUT2D eigenvalue weighted by molar-refractivity contribution is 5.99. The number of halogens is 1. The average molecular weight is 284 g/mol. The van der Waals surface area contributed by atoms with Gasteiger partial charge in [-0.25, -0.2) is 9.82 Å². The summed E-state index contributed by atoms with van der Waals surface area (Å²) < 4.78 is 12.8. The summed E-state index contributed by atoms with van der Waals surface area (Å²) in [6, 6.07) is 15.8. The van der Waals surface area contributed by atoms with Crippen LogP contribution >= 0.6 is 0 Å². The van der Waals surface area contributed by atoms with Crippen molar-refractivity contribution in [1.82, 2.24) is 5.43 Å². The summed E-state index contributed by atoms with van der Waals surface area (Å²) in [6.45, 7) is 1.77. The zero-order valence-corrected chi connectivity index (χ0v) is 11.8. The molecule has 2 rings (SSSR count). The fourth-order valence-electron chi connectivity index (χ4n) is 1.86. The predicted molar refractivity (Wildman–Crippen MR) is 81.5 cm³/mol. The number of carbonyl (C=O) groups is 1. The fraction of sp³-hybridized carbons (Fsp3) is 0.176. The Bertz CT molecular complexity index is 621. The first kappa shape index (κ1) is 14.9. The molecule has 4 heteroatoms. The van der Waals surface area contributed by atoms with E-state index in [4.69, 9.17) is 0 Å². The van der Waals surface area contributed by atoms with Gasteiger partial charge in [0.1, 0.15) is 5.82 Å². The highest BCUT2D eigenvalue weighted by Gasteiger charge is 2.02. The standard InChI is InChI=1S/C17H17FN2O/c1-13(15-8-10-16(18)11-9-15)19-20-17(21)12-7-14-5-3-2-4-6-14/h2-6,8-11H,7,12H2,1H3,(H,20,21). The van der Waals surface area contributed by atoms with Crippen molar-refractivity contribution in [3.05, 3.63) is 71.5 Å². The van der Waals surface area contributed by atoms with Crippen LogP contribution in [-0.4, -0.2) is 11.6 Å². The van der Waals surface area contributed by atoms with Crippen LogP contribution in [0, 0.1) is 5.82 Å². The number of aryl methyl sites for hydroxylation is 1. The SMILES string of the molecule is CC(=NNC(=O)CCc1ccccc1)c1ccc(F)cc1. The summed E-state index contributed by atoms with van der Waals surface area (Å²) in [5, 5.41) is 4.03. The first-order chi connectivity index (χ1) is 10.1. The Labute approximate surface area is 123 Å². The highest BCUT2D eigenvalue weighted by atomic mass is 19.1. The Kier molecular flexibility index (Phi) is 5.21. The molecule has 21 heavy (non-hydrogen) atoms. The van der Waals surface area contributed by atoms with E-state index >= 15 is 0 Å². The Hall–Kier alpha value is -2.49. The van der Waals surface area contributed by atoms with E-state index in [1.165, 1.54) is 12.1 Å². The Balaban J connectivity index is 1.85. The van der Waals surface area contributed by atoms with Gasteiger partial charge in [0.05, 0.1) is 5.71 Å². The zero-order chi connectivity index (χ0) is 15.1. The van der Waals surface area contributed by atoms with Crippen LogP contribution in [-0.2, 0) is 11.2 Å². The van der Waals surface area contributed by atoms with Crippen LogP contribution in [0.15, 0.2) is 59.7 Å². The second-order valence-corrected chi connectivity index (χ2v) is 4.72. The maximum absolute atomic E-state index is 12.8. The van der Waals surface area contributed by atoms with Gasteiger partial charge >= 0.3 is 0 Å². The molecule has 2 aromatic carbocycles. The molecule has 0 atom stereocenters. The number of amides is 1. The molecule has 0 aliphatic rings. The van der Waals surface area contributed by atoms with Gasteiger partial charge in [-0.1, -0.05) is 42.5 Å². The van der Waals surface area contributed by atoms with Crippen molar-refractivity contribution in [1.29, 1.82) is 0 Å². The van der Waals surface area contributed by atoms with Crippen molar-refractivity contribution in [2.24, 2.45) is 5.10 Å². The number of nitrogens with zero attached hydrogens (tertiary/aromatic N) is 1. The number of hydrogen-bond acceptors (Lipinski definition) is 2. The van der Waals surface area contributed by atoms with Crippen LogP contribution in [0.3, 0.4) is 0 Å². The molecule has 0 aliphatic carbocycles. The Morgan fingerprint density at radius 3 is 2.43 bits per heavy atom. The van der Waals surface area contributed by atoms with Crippen molar-refractivity contribution in [3.63, 3.8) is 0 Å². The van der Waals surface area contributed by atoms with E-state index in [1.807, 2.05) is 30.3 Å². The van der Waals surface area contributed by atoms with E-state index in [2.05, 4.69) is 10.5 Å². The maximum Gasteiger partial charge on any atom is 0.240 e. The third kappa shape index (κ3) is 4.84. The average Bonchev–Trinajstić information content (AvgIpc) is 2.52. The third-order valence-corrected chi connectivity index (χ3v) is 3.09. The molecule has 0 aliphatic heterocycles. The molecule has 0 heterocycles. The minimum Gasteiger partial charge on any atom is -0.273 e. The smallest absolute Gasteiger partial charge is 0.240 e. The summed E-state index contributed by atoms with van der Waals surface area (Å²) in [5.74, 6) is -0.432. The molecule has 0 radical (unpaired) electrons. The summed E-state index contributed by atoms with van der Waals surface area (Å²) in [7, 11) is 0. The molecule has 0 saturated carbocycles. The number of nitrogens with one attached hydrogen (secondary N) is 1. The Morgan fingerprint density at radius 1 is 1.10 bits per heavy atom. The van der Waals surface area contributed by atoms with Crippen molar-refractivity contribution >= 4 is 11.6 Å². The number of benzene rings is 2. The predicted octanol–water partition coefficient (Wildman–Crippen LogP) is 3.30. The maximum atomic E-state index is 12.8. The van der Waals surface area contributed by atoms with Gasteiger partial charge in [0.2, 0.25) is 5.91 Å². The van der Waals surface area contributed by atoms with Gasteiger partial charge in [0.25, 0.3) is 0 Å². The van der Waals surface area contributed by atoms with Crippen molar-refractivity contribution < 1.29 is 9.18 Å². The molecule has 0 fully saturated rings. The molecule has 1 N–H and O–H groups in total. The largest absolute Gasteiger partial charge is 0.273 e. The van der Waals surface area contributed by atoms with E-state index in [9.17, 15) is 9.18 Å². The van der Waals surface area contributed by atoms with E-state index in [0.29, 0.717) is 18.6 Å². The summed E-state index contributed by atoms with van der Waals surface area (Å²) in [5.41, 5.74) is 5.06. The van der Waals surface area contributed by atoms with Crippen LogP contribution in [0.5, 0.6) is 0 Å². The van der Waals surface area contributed by atoms with Gasteiger partial charge in [-0.05, 0) is 36.6 Å². The fourth-order valence-corrected chi connectivity index (χ4v) is 1.86. The molecule has 0 saturated heterocycles. The van der Waals surface area contributed by atoms with Crippen molar-refractivity contribution in [2.45, 2.75) is 19.8 Å². The number of rotatable bonds is 5. The lowest BCUT2D eigenvalue weighted by molar-refractivity contribution is -0.121. The lowest BCUT2D eigenvalue weighted by Crippen LogP contribution is -2.19. The van der Waals surface area contributed by atoms with Crippen LogP contribution < -0.4 is 5.43 Å². The topological polar surface area (TPSA) is 41.5 Å². The van der Waals surface area contributed by atoms with Gasteiger partial charge in [-0.3, -0.25) is 4.79 Å². The lowest BCUT2D eigenvalue weighted by atomic mass is 10.1. The van der Waals surface area contributed by atoms with Crippen molar-refractivity contribution in [3.8, 4) is 0 Å². The quantitative estimate of drug-likeness (QED) is 0.664. The molecule has 0 unspecified atom stereocenters. The van der Waals surface area contributed by atoms with Gasteiger partial charge in [0, 0.05) is 6.42 Å². The van der Waals surface area contributed by atoms with Crippen LogP contribution in [0.1, 0.15) is 24.5 Å². The number of hydrogen-bond donors (Lipinski definition) is 1. The molecule has 0 bridgehead atoms. The molecule has 1 amide bonds. The van der Waals surface area contributed by atoms with Gasteiger partial charge in [0.15, 0.2) is 0 Å². The van der Waals surface area contributed by atoms with Crippen LogP contribution in [0.2, 0.25) is 0 Å². The minimum atomic E-state index is -0.293. The summed E-state index contributed by atoms with van der Waals surface area (Å²) in [6.07, 6.45) is 1.06. The van der Waals surface area contributed by atoms with Crippen molar-refractivity contribution in [2.75, 3.05) is 0 Å². The molecule has 2 aromatic rings. The lowest BCUT2D eigenvalue weighted by Gasteiger charge is -2.03. The highest BCUT2D eigenvalue weighted by Crippen LogP contribution is 2.04. The van der Waals surface area contributed by atoms with Gasteiger partial charge in [-0.2, -0.15) is 5.10 Å². The first-order valence-corrected chi connectivity index (χ1v) is 6.78. The van der Waals surface area contributed by atoms with E-state index < -0.39 is 0 Å². The number of hydrazone groups is 1. The van der Waals surface area contributed by atoms with E-state index in [0.717, 1.165) is 11.1 Å². The van der Waals surface area contributed by atoms with Gasteiger partial charge < -0.3 is 0 Å². The molecule has 0 aromatic heterocycles. The first-order valence-electron chi connectivity index (χ1n) is 6.78. The monoisotopic (exact) mass is 284 g/mol. The second-order valence-electron chi connectivity index (χ2n) is 4.72. The number of carbonyl (C=O) groups excluding carboxylic acids is 1. The van der Waals surface area contributed by atoms with Crippen LogP contribution in [0.4, 0.5) is 4.39 Å². The van der Waals surface area contributed by atoms with Gasteiger partial charge in [-0.15, -0.1) is 0 Å². The summed E-state index contributed by atoms with van der Waals surface area (Å²) >= 11 is 0. The van der Waals surface area contributed by atoms with E-state index in [-0.39, 0.29) is 11.7 Å². The normalized spacial score (nSPS) is 11.2. The van der Waals surface area contributed by atoms with Crippen LogP contribution in [0.25, 0.3) is 0 Å². The third-order valence-electron chi connectivity index (χ3n) is 3.09.